The molecule has 1 aliphatic rings. The van der Waals surface area contributed by atoms with E-state index >= 15 is 0 Å². The maximum atomic E-state index is 6.45. The molecule has 208 valence electrons. The van der Waals surface area contributed by atoms with E-state index in [2.05, 4.69) is 155 Å². The van der Waals surface area contributed by atoms with E-state index in [1.807, 2.05) is 0 Å². The van der Waals surface area contributed by atoms with Crippen molar-refractivity contribution in [1.82, 2.24) is 0 Å². The second-order valence-electron chi connectivity index (χ2n) is 12.8. The van der Waals surface area contributed by atoms with Crippen LogP contribution >= 0.6 is 0 Å². The lowest BCUT2D eigenvalue weighted by molar-refractivity contribution is 0.00578. The van der Waals surface area contributed by atoms with Crippen molar-refractivity contribution in [1.29, 1.82) is 0 Å². The summed E-state index contributed by atoms with van der Waals surface area (Å²) in [5, 5.41) is 10.1. The molecular formula is C40H33BO2. The highest BCUT2D eigenvalue weighted by Crippen LogP contribution is 2.40. The predicted octanol–water partition coefficient (Wildman–Crippen LogP) is 9.93. The Hall–Kier alpha value is -4.44. The van der Waals surface area contributed by atoms with Gasteiger partial charge in [-0.2, -0.15) is 0 Å². The first-order valence-electron chi connectivity index (χ1n) is 15.1. The van der Waals surface area contributed by atoms with Gasteiger partial charge in [0.1, 0.15) is 0 Å². The molecule has 0 amide bonds. The summed E-state index contributed by atoms with van der Waals surface area (Å²) in [5.41, 5.74) is 5.12. The normalized spacial score (nSPS) is 16.0. The molecule has 1 heterocycles. The Bertz CT molecular complexity index is 2160. The van der Waals surface area contributed by atoms with E-state index in [1.54, 1.807) is 0 Å². The van der Waals surface area contributed by atoms with Crippen LogP contribution in [0.25, 0.3) is 65.3 Å². The Kier molecular flexibility index (Phi) is 5.81. The van der Waals surface area contributed by atoms with Crippen molar-refractivity contribution in [3.63, 3.8) is 0 Å². The average Bonchev–Trinajstić information content (AvgIpc) is 3.26. The molecule has 0 radical (unpaired) electrons. The predicted molar refractivity (Wildman–Crippen MR) is 183 cm³/mol. The van der Waals surface area contributed by atoms with E-state index in [0.717, 1.165) is 10.8 Å². The van der Waals surface area contributed by atoms with Gasteiger partial charge in [0.25, 0.3) is 0 Å². The molecule has 0 aromatic heterocycles. The van der Waals surface area contributed by atoms with Crippen molar-refractivity contribution in [2.45, 2.75) is 38.9 Å². The zero-order valence-corrected chi connectivity index (χ0v) is 25.0. The Morgan fingerprint density at radius 3 is 1.51 bits per heavy atom. The highest BCUT2D eigenvalue weighted by Gasteiger charge is 2.52. The third kappa shape index (κ3) is 4.11. The van der Waals surface area contributed by atoms with Crippen LogP contribution in [0.5, 0.6) is 0 Å². The molecule has 0 spiro atoms. The second-order valence-corrected chi connectivity index (χ2v) is 12.8. The first-order valence-corrected chi connectivity index (χ1v) is 15.1. The fourth-order valence-corrected chi connectivity index (χ4v) is 6.70. The Morgan fingerprint density at radius 2 is 0.884 bits per heavy atom. The third-order valence-corrected chi connectivity index (χ3v) is 9.72. The molecule has 0 N–H and O–H groups in total. The Labute approximate surface area is 253 Å². The number of hydrogen-bond acceptors (Lipinski definition) is 2. The highest BCUT2D eigenvalue weighted by atomic mass is 16.7. The smallest absolute Gasteiger partial charge is 0.399 e. The van der Waals surface area contributed by atoms with E-state index in [9.17, 15) is 0 Å². The van der Waals surface area contributed by atoms with Gasteiger partial charge in [-0.05, 0) is 111 Å². The molecule has 43 heavy (non-hydrogen) atoms. The van der Waals surface area contributed by atoms with Gasteiger partial charge in [0, 0.05) is 0 Å². The van der Waals surface area contributed by atoms with Crippen LogP contribution in [0.4, 0.5) is 0 Å². The molecule has 1 aliphatic heterocycles. The molecule has 1 fully saturated rings. The topological polar surface area (TPSA) is 18.5 Å². The van der Waals surface area contributed by atoms with Crippen LogP contribution in [0, 0.1) is 0 Å². The van der Waals surface area contributed by atoms with E-state index in [0.29, 0.717) is 0 Å². The fraction of sp³-hybridized carbons (Fsp3) is 0.150. The lowest BCUT2D eigenvalue weighted by atomic mass is 9.75. The highest BCUT2D eigenvalue weighted by molar-refractivity contribution is 6.65. The fourth-order valence-electron chi connectivity index (χ4n) is 6.70. The summed E-state index contributed by atoms with van der Waals surface area (Å²) in [4.78, 5) is 0. The van der Waals surface area contributed by atoms with E-state index in [1.165, 1.54) is 60.0 Å². The van der Waals surface area contributed by atoms with Crippen LogP contribution < -0.4 is 5.46 Å². The molecule has 7 aromatic carbocycles. The number of fused-ring (bicyclic) bond motifs is 7. The van der Waals surface area contributed by atoms with Crippen molar-refractivity contribution >= 4 is 55.7 Å². The van der Waals surface area contributed by atoms with Crippen molar-refractivity contribution in [2.24, 2.45) is 0 Å². The summed E-state index contributed by atoms with van der Waals surface area (Å²) in [6.45, 7) is 8.42. The van der Waals surface area contributed by atoms with Gasteiger partial charge in [-0.3, -0.25) is 0 Å². The van der Waals surface area contributed by atoms with Crippen molar-refractivity contribution < 1.29 is 9.31 Å². The van der Waals surface area contributed by atoms with Crippen LogP contribution in [0.2, 0.25) is 0 Å². The molecule has 0 aliphatic carbocycles. The van der Waals surface area contributed by atoms with Crippen LogP contribution in [-0.2, 0) is 9.31 Å². The summed E-state index contributed by atoms with van der Waals surface area (Å²) in [6.07, 6.45) is 0. The van der Waals surface area contributed by atoms with Gasteiger partial charge < -0.3 is 9.31 Å². The molecule has 0 atom stereocenters. The quantitative estimate of drug-likeness (QED) is 0.159. The van der Waals surface area contributed by atoms with Gasteiger partial charge in [-0.1, -0.05) is 115 Å². The third-order valence-electron chi connectivity index (χ3n) is 9.72. The Balaban J connectivity index is 1.25. The second kappa shape index (κ2) is 9.54. The molecule has 3 heteroatoms. The maximum Gasteiger partial charge on any atom is 0.495 e. The van der Waals surface area contributed by atoms with Crippen molar-refractivity contribution in [3.8, 4) is 22.3 Å². The molecular weight excluding hydrogens is 523 g/mol. The molecule has 0 bridgehead atoms. The van der Waals surface area contributed by atoms with E-state index < -0.39 is 7.12 Å². The Morgan fingerprint density at radius 1 is 0.395 bits per heavy atom. The van der Waals surface area contributed by atoms with Crippen LogP contribution in [0.3, 0.4) is 0 Å². The van der Waals surface area contributed by atoms with Crippen LogP contribution in [0.1, 0.15) is 27.7 Å². The number of hydrogen-bond donors (Lipinski definition) is 0. The van der Waals surface area contributed by atoms with Gasteiger partial charge in [0.15, 0.2) is 0 Å². The van der Waals surface area contributed by atoms with Gasteiger partial charge in [0.05, 0.1) is 11.2 Å². The molecule has 8 rings (SSSR count). The van der Waals surface area contributed by atoms with Gasteiger partial charge in [0.2, 0.25) is 0 Å². The monoisotopic (exact) mass is 556 g/mol. The minimum absolute atomic E-state index is 0.386. The molecule has 1 saturated heterocycles. The molecule has 7 aromatic rings. The zero-order chi connectivity index (χ0) is 29.3. The summed E-state index contributed by atoms with van der Waals surface area (Å²) in [7, 11) is -0.404. The molecule has 0 saturated carbocycles. The lowest BCUT2D eigenvalue weighted by Gasteiger charge is -2.32. The summed E-state index contributed by atoms with van der Waals surface area (Å²) in [5.74, 6) is 0. The first-order chi connectivity index (χ1) is 20.8. The first kappa shape index (κ1) is 26.2. The molecule has 2 nitrogen and oxygen atoms in total. The number of benzene rings is 7. The van der Waals surface area contributed by atoms with E-state index in [4.69, 9.17) is 9.31 Å². The lowest BCUT2D eigenvalue weighted by Crippen LogP contribution is -2.41. The van der Waals surface area contributed by atoms with Crippen LogP contribution in [-0.4, -0.2) is 18.3 Å². The summed E-state index contributed by atoms with van der Waals surface area (Å²) >= 11 is 0. The minimum Gasteiger partial charge on any atom is -0.399 e. The largest absolute Gasteiger partial charge is 0.495 e. The number of rotatable bonds is 3. The van der Waals surface area contributed by atoms with Gasteiger partial charge >= 0.3 is 7.12 Å². The van der Waals surface area contributed by atoms with Gasteiger partial charge in [-0.15, -0.1) is 0 Å². The summed E-state index contributed by atoms with van der Waals surface area (Å²) in [6, 6.07) is 46.3. The van der Waals surface area contributed by atoms with E-state index in [-0.39, 0.29) is 11.2 Å². The van der Waals surface area contributed by atoms with Crippen molar-refractivity contribution in [3.05, 3.63) is 127 Å². The average molecular weight is 557 g/mol. The maximum absolute atomic E-state index is 6.45. The SMILES string of the molecule is CC1(C)OB(c2ccc(-c3cccc(-c4ccc5c6ccccc6c6ccccc6c5c4)c3)c3ccccc23)OC1(C)C. The molecule has 0 unspecified atom stereocenters. The van der Waals surface area contributed by atoms with Crippen molar-refractivity contribution in [2.75, 3.05) is 0 Å². The minimum atomic E-state index is -0.404. The zero-order valence-electron chi connectivity index (χ0n) is 25.0. The standard InChI is InChI=1S/C40H33BO2/c1-39(2)40(3,4)43-41(42-39)38-23-22-29(30-14-9-10-19-36(30)38)28-13-11-12-26(24-28)27-20-21-35-33-17-6-5-15-31(33)32-16-7-8-18-34(32)37(35)25-27/h5-25H,1-4H3. The summed E-state index contributed by atoms with van der Waals surface area (Å²) < 4.78 is 12.9. The van der Waals surface area contributed by atoms with Crippen LogP contribution in [0.15, 0.2) is 127 Å². The van der Waals surface area contributed by atoms with Gasteiger partial charge in [-0.25, -0.2) is 0 Å².